The summed E-state index contributed by atoms with van der Waals surface area (Å²) in [6.07, 6.45) is 0. The van der Waals surface area contributed by atoms with Gasteiger partial charge in [0.2, 0.25) is 0 Å². The maximum absolute atomic E-state index is 13.3. The predicted octanol–water partition coefficient (Wildman–Crippen LogP) is 2.16. The number of hydrogen-bond acceptors (Lipinski definition) is 3. The fourth-order valence-electron chi connectivity index (χ4n) is 1.62. The second-order valence-electron chi connectivity index (χ2n) is 3.96. The molecular weight excluding hydrogens is 277 g/mol. The molecule has 0 bridgehead atoms. The molecule has 0 spiro atoms. The monoisotopic (exact) mass is 289 g/mol. The highest BCUT2D eigenvalue weighted by Gasteiger charge is 2.11. The van der Waals surface area contributed by atoms with E-state index in [2.05, 4.69) is 17.2 Å². The predicted molar refractivity (Wildman–Crippen MR) is 75.9 cm³/mol. The summed E-state index contributed by atoms with van der Waals surface area (Å²) in [4.78, 5) is 12.1. The summed E-state index contributed by atoms with van der Waals surface area (Å²) in [6, 6.07) is 5.71. The number of thiophene rings is 1. The molecule has 102 valence electrons. The maximum atomic E-state index is 13.3. The van der Waals surface area contributed by atoms with Gasteiger partial charge in [-0.3, -0.25) is 4.79 Å². The second-order valence-corrected chi connectivity index (χ2v) is 4.74. The third-order valence-corrected chi connectivity index (χ3v) is 3.29. The number of aliphatic hydroxyl groups excluding tert-OH is 1. The van der Waals surface area contributed by atoms with Crippen molar-refractivity contribution in [3.05, 3.63) is 57.5 Å². The zero-order valence-electron chi connectivity index (χ0n) is 10.5. The number of nitrogens with one attached hydrogen (secondary N) is 1. The van der Waals surface area contributed by atoms with Crippen molar-refractivity contribution in [2.24, 2.45) is 0 Å². The molecule has 2 N–H and O–H groups in total. The Kier molecular flexibility index (Phi) is 4.88. The van der Waals surface area contributed by atoms with Crippen molar-refractivity contribution < 1.29 is 14.3 Å². The summed E-state index contributed by atoms with van der Waals surface area (Å²) in [5, 5.41) is 15.3. The number of benzene rings is 1. The molecule has 1 aromatic heterocycles. The minimum Gasteiger partial charge on any atom is -0.384 e. The highest BCUT2D eigenvalue weighted by Crippen LogP contribution is 2.11. The molecule has 3 nitrogen and oxygen atoms in total. The van der Waals surface area contributed by atoms with E-state index in [-0.39, 0.29) is 12.2 Å². The molecule has 0 fully saturated rings. The van der Waals surface area contributed by atoms with Crippen molar-refractivity contribution in [2.75, 3.05) is 6.61 Å². The van der Waals surface area contributed by atoms with Crippen LogP contribution in [-0.2, 0) is 6.54 Å². The first-order chi connectivity index (χ1) is 9.70. The molecule has 0 unspecified atom stereocenters. The van der Waals surface area contributed by atoms with E-state index in [1.165, 1.54) is 12.1 Å². The van der Waals surface area contributed by atoms with Gasteiger partial charge in [0.25, 0.3) is 5.91 Å². The van der Waals surface area contributed by atoms with E-state index in [1.54, 1.807) is 11.3 Å². The van der Waals surface area contributed by atoms with E-state index in [0.717, 1.165) is 11.6 Å². The number of aliphatic hydroxyl groups is 1. The van der Waals surface area contributed by atoms with Crippen LogP contribution >= 0.6 is 11.3 Å². The fraction of sp³-hybridized carbons (Fsp3) is 0.133. The van der Waals surface area contributed by atoms with Crippen LogP contribution in [0.4, 0.5) is 4.39 Å². The zero-order valence-corrected chi connectivity index (χ0v) is 11.3. The molecule has 0 aliphatic rings. The molecule has 0 saturated carbocycles. The van der Waals surface area contributed by atoms with E-state index < -0.39 is 11.7 Å². The molecule has 5 heteroatoms. The Morgan fingerprint density at radius 2 is 2.25 bits per heavy atom. The Morgan fingerprint density at radius 1 is 1.40 bits per heavy atom. The lowest BCUT2D eigenvalue weighted by atomic mass is 10.1. The lowest BCUT2D eigenvalue weighted by Crippen LogP contribution is -2.23. The van der Waals surface area contributed by atoms with E-state index in [1.807, 2.05) is 16.8 Å². The Labute approximate surface area is 120 Å². The second kappa shape index (κ2) is 6.85. The molecule has 0 saturated heterocycles. The van der Waals surface area contributed by atoms with Crippen molar-refractivity contribution in [3.63, 3.8) is 0 Å². The van der Waals surface area contributed by atoms with Crippen LogP contribution in [0.1, 0.15) is 21.5 Å². The van der Waals surface area contributed by atoms with Crippen LogP contribution in [0.3, 0.4) is 0 Å². The molecule has 0 radical (unpaired) electrons. The largest absolute Gasteiger partial charge is 0.384 e. The average Bonchev–Trinajstić information content (AvgIpc) is 2.96. The standard InChI is InChI=1S/C15H12FNO2S/c16-13-4-3-12(2-1-6-18)14(8-13)15(19)17-9-11-5-7-20-10-11/h3-5,7-8,10,18H,6,9H2,(H,17,19). The van der Waals surface area contributed by atoms with Gasteiger partial charge in [0, 0.05) is 12.1 Å². The van der Waals surface area contributed by atoms with Gasteiger partial charge >= 0.3 is 0 Å². The number of carbonyl (C=O) groups is 1. The zero-order chi connectivity index (χ0) is 14.4. The van der Waals surface area contributed by atoms with Gasteiger partial charge in [-0.15, -0.1) is 0 Å². The average molecular weight is 289 g/mol. The number of rotatable bonds is 3. The minimum absolute atomic E-state index is 0.168. The molecule has 1 heterocycles. The van der Waals surface area contributed by atoms with Crippen LogP contribution in [-0.4, -0.2) is 17.6 Å². The lowest BCUT2D eigenvalue weighted by molar-refractivity contribution is 0.0950. The van der Waals surface area contributed by atoms with Crippen LogP contribution in [0.2, 0.25) is 0 Å². The highest BCUT2D eigenvalue weighted by atomic mass is 32.1. The summed E-state index contributed by atoms with van der Waals surface area (Å²) < 4.78 is 13.3. The van der Waals surface area contributed by atoms with E-state index in [0.29, 0.717) is 12.1 Å². The van der Waals surface area contributed by atoms with Crippen LogP contribution in [0.5, 0.6) is 0 Å². The van der Waals surface area contributed by atoms with Crippen molar-refractivity contribution in [1.29, 1.82) is 0 Å². The van der Waals surface area contributed by atoms with Crippen molar-refractivity contribution >= 4 is 17.2 Å². The molecule has 0 aliphatic heterocycles. The third kappa shape index (κ3) is 3.67. The summed E-state index contributed by atoms with van der Waals surface area (Å²) in [6.45, 7) is 0.0685. The van der Waals surface area contributed by atoms with Crippen LogP contribution in [0.15, 0.2) is 35.0 Å². The van der Waals surface area contributed by atoms with Gasteiger partial charge in [0.15, 0.2) is 0 Å². The quantitative estimate of drug-likeness (QED) is 0.851. The molecule has 0 atom stereocenters. The number of hydrogen-bond donors (Lipinski definition) is 2. The van der Waals surface area contributed by atoms with Gasteiger partial charge < -0.3 is 10.4 Å². The van der Waals surface area contributed by atoms with Crippen molar-refractivity contribution in [3.8, 4) is 11.8 Å². The number of halogens is 1. The van der Waals surface area contributed by atoms with Gasteiger partial charge in [0.05, 0.1) is 5.56 Å². The first-order valence-electron chi connectivity index (χ1n) is 5.89. The molecule has 20 heavy (non-hydrogen) atoms. The van der Waals surface area contributed by atoms with E-state index in [9.17, 15) is 9.18 Å². The molecule has 1 aromatic carbocycles. The van der Waals surface area contributed by atoms with E-state index >= 15 is 0 Å². The fourth-order valence-corrected chi connectivity index (χ4v) is 2.29. The molecule has 2 aromatic rings. The van der Waals surface area contributed by atoms with Gasteiger partial charge in [-0.1, -0.05) is 11.8 Å². The van der Waals surface area contributed by atoms with Gasteiger partial charge in [-0.25, -0.2) is 4.39 Å². The Balaban J connectivity index is 2.17. The van der Waals surface area contributed by atoms with Gasteiger partial charge in [0.1, 0.15) is 12.4 Å². The lowest BCUT2D eigenvalue weighted by Gasteiger charge is -2.06. The summed E-state index contributed by atoms with van der Waals surface area (Å²) in [5.41, 5.74) is 1.55. The maximum Gasteiger partial charge on any atom is 0.252 e. The first-order valence-corrected chi connectivity index (χ1v) is 6.83. The molecule has 1 amide bonds. The van der Waals surface area contributed by atoms with Gasteiger partial charge in [-0.05, 0) is 40.6 Å². The Bertz CT molecular complexity index is 656. The van der Waals surface area contributed by atoms with Crippen LogP contribution in [0, 0.1) is 17.7 Å². The minimum atomic E-state index is -0.500. The van der Waals surface area contributed by atoms with Gasteiger partial charge in [-0.2, -0.15) is 11.3 Å². The highest BCUT2D eigenvalue weighted by molar-refractivity contribution is 7.07. The van der Waals surface area contributed by atoms with E-state index in [4.69, 9.17) is 5.11 Å². The van der Waals surface area contributed by atoms with Crippen molar-refractivity contribution in [2.45, 2.75) is 6.54 Å². The number of amides is 1. The van der Waals surface area contributed by atoms with Crippen LogP contribution in [0.25, 0.3) is 0 Å². The Hall–Kier alpha value is -2.16. The van der Waals surface area contributed by atoms with Crippen LogP contribution < -0.4 is 5.32 Å². The normalized spacial score (nSPS) is 9.70. The van der Waals surface area contributed by atoms with Crippen molar-refractivity contribution in [1.82, 2.24) is 5.32 Å². The summed E-state index contributed by atoms with van der Waals surface area (Å²) in [5.74, 6) is 4.20. The summed E-state index contributed by atoms with van der Waals surface area (Å²) in [7, 11) is 0. The summed E-state index contributed by atoms with van der Waals surface area (Å²) >= 11 is 1.54. The molecular formula is C15H12FNO2S. The molecule has 2 rings (SSSR count). The first kappa shape index (κ1) is 14.3. The number of carbonyl (C=O) groups excluding carboxylic acids is 1. The Morgan fingerprint density at radius 3 is 2.95 bits per heavy atom. The SMILES string of the molecule is O=C(NCc1ccsc1)c1cc(F)ccc1C#CCO. The topological polar surface area (TPSA) is 49.3 Å². The smallest absolute Gasteiger partial charge is 0.252 e. The third-order valence-electron chi connectivity index (χ3n) is 2.56. The molecule has 0 aliphatic carbocycles.